The van der Waals surface area contributed by atoms with Gasteiger partial charge in [0, 0.05) is 16.9 Å². The van der Waals surface area contributed by atoms with E-state index in [-0.39, 0.29) is 11.8 Å². The van der Waals surface area contributed by atoms with E-state index in [1.54, 1.807) is 0 Å². The van der Waals surface area contributed by atoms with Crippen LogP contribution >= 0.6 is 27.3 Å². The molecule has 1 aromatic heterocycles. The molecule has 0 fully saturated rings. The Morgan fingerprint density at radius 2 is 2.00 bits per heavy atom. The summed E-state index contributed by atoms with van der Waals surface area (Å²) in [4.78, 5) is 12.8. The van der Waals surface area contributed by atoms with Crippen LogP contribution in [-0.2, 0) is 0 Å². The summed E-state index contributed by atoms with van der Waals surface area (Å²) in [6.07, 6.45) is 0.336. The summed E-state index contributed by atoms with van der Waals surface area (Å²) in [6, 6.07) is 11.3. The maximum absolute atomic E-state index is 12.0. The van der Waals surface area contributed by atoms with Crippen LogP contribution in [0.2, 0.25) is 0 Å². The molecular formula is C13H12BrNOS. The van der Waals surface area contributed by atoms with Crippen molar-refractivity contribution in [2.45, 2.75) is 12.5 Å². The van der Waals surface area contributed by atoms with Gasteiger partial charge in [-0.3, -0.25) is 4.79 Å². The van der Waals surface area contributed by atoms with Crippen molar-refractivity contribution in [3.63, 3.8) is 0 Å². The Labute approximate surface area is 113 Å². The van der Waals surface area contributed by atoms with E-state index in [4.69, 9.17) is 5.73 Å². The molecule has 1 heterocycles. The van der Waals surface area contributed by atoms with Gasteiger partial charge in [-0.25, -0.2) is 0 Å². The van der Waals surface area contributed by atoms with E-state index in [2.05, 4.69) is 15.9 Å². The topological polar surface area (TPSA) is 43.1 Å². The van der Waals surface area contributed by atoms with Gasteiger partial charge in [-0.05, 0) is 32.9 Å². The summed E-state index contributed by atoms with van der Waals surface area (Å²) in [5, 5.41) is 1.89. The van der Waals surface area contributed by atoms with Gasteiger partial charge >= 0.3 is 0 Å². The van der Waals surface area contributed by atoms with Crippen LogP contribution in [0.15, 0.2) is 46.3 Å². The first kappa shape index (κ1) is 12.5. The average molecular weight is 310 g/mol. The van der Waals surface area contributed by atoms with Crippen molar-refractivity contribution in [3.05, 3.63) is 56.7 Å². The van der Waals surface area contributed by atoms with E-state index < -0.39 is 0 Å². The van der Waals surface area contributed by atoms with Crippen LogP contribution in [0.25, 0.3) is 0 Å². The van der Waals surface area contributed by atoms with E-state index >= 15 is 0 Å². The molecule has 1 unspecified atom stereocenters. The quantitative estimate of drug-likeness (QED) is 0.873. The molecule has 0 aliphatic rings. The zero-order valence-corrected chi connectivity index (χ0v) is 11.5. The highest BCUT2D eigenvalue weighted by Gasteiger charge is 2.16. The van der Waals surface area contributed by atoms with Crippen molar-refractivity contribution in [2.24, 2.45) is 5.73 Å². The second-order valence-electron chi connectivity index (χ2n) is 3.74. The molecule has 0 saturated carbocycles. The number of carbonyl (C=O) groups is 1. The fourth-order valence-corrected chi connectivity index (χ4v) is 3.15. The lowest BCUT2D eigenvalue weighted by atomic mass is 10.0. The lowest BCUT2D eigenvalue weighted by Crippen LogP contribution is -2.15. The van der Waals surface area contributed by atoms with Crippen LogP contribution < -0.4 is 5.73 Å². The summed E-state index contributed by atoms with van der Waals surface area (Å²) in [5.74, 6) is 0.0863. The Bertz CT molecular complexity index is 509. The van der Waals surface area contributed by atoms with Crippen LogP contribution in [0, 0.1) is 0 Å². The van der Waals surface area contributed by atoms with Crippen molar-refractivity contribution < 1.29 is 4.79 Å². The third-order valence-corrected chi connectivity index (χ3v) is 4.38. The first-order chi connectivity index (χ1) is 8.18. The monoisotopic (exact) mass is 309 g/mol. The number of carbonyl (C=O) groups excluding carboxylic acids is 1. The smallest absolute Gasteiger partial charge is 0.175 e. The van der Waals surface area contributed by atoms with Gasteiger partial charge in [-0.15, -0.1) is 11.3 Å². The van der Waals surface area contributed by atoms with Gasteiger partial charge in [0.25, 0.3) is 0 Å². The molecular weight excluding hydrogens is 298 g/mol. The van der Waals surface area contributed by atoms with Gasteiger partial charge in [0.05, 0.1) is 4.88 Å². The molecule has 2 aromatic rings. The van der Waals surface area contributed by atoms with Gasteiger partial charge in [0.2, 0.25) is 0 Å². The number of rotatable bonds is 4. The lowest BCUT2D eigenvalue weighted by molar-refractivity contribution is 0.0977. The minimum Gasteiger partial charge on any atom is -0.324 e. The summed E-state index contributed by atoms with van der Waals surface area (Å²) in [6.45, 7) is 0. The molecule has 2 N–H and O–H groups in total. The SMILES string of the molecule is NC(CC(=O)c1sccc1Br)c1ccccc1. The van der Waals surface area contributed by atoms with Gasteiger partial charge in [0.15, 0.2) is 5.78 Å². The van der Waals surface area contributed by atoms with Crippen LogP contribution in [-0.4, -0.2) is 5.78 Å². The molecule has 1 aromatic carbocycles. The highest BCUT2D eigenvalue weighted by Crippen LogP contribution is 2.26. The van der Waals surface area contributed by atoms with Crippen molar-refractivity contribution in [3.8, 4) is 0 Å². The molecule has 0 aliphatic carbocycles. The van der Waals surface area contributed by atoms with Gasteiger partial charge in [-0.1, -0.05) is 30.3 Å². The highest BCUT2D eigenvalue weighted by atomic mass is 79.9. The molecule has 2 rings (SSSR count). The van der Waals surface area contributed by atoms with Crippen molar-refractivity contribution in [1.82, 2.24) is 0 Å². The van der Waals surface area contributed by atoms with E-state index in [0.29, 0.717) is 6.42 Å². The predicted octanol–water partition coefficient (Wildman–Crippen LogP) is 3.78. The van der Waals surface area contributed by atoms with Crippen LogP contribution in [0.3, 0.4) is 0 Å². The first-order valence-corrected chi connectivity index (χ1v) is 6.92. The number of Topliss-reactive ketones (excluding diaryl/α,β-unsaturated/α-hetero) is 1. The third kappa shape index (κ3) is 3.03. The highest BCUT2D eigenvalue weighted by molar-refractivity contribution is 9.10. The van der Waals surface area contributed by atoms with E-state index in [1.807, 2.05) is 41.8 Å². The number of halogens is 1. The minimum atomic E-state index is -0.238. The largest absolute Gasteiger partial charge is 0.324 e. The summed E-state index contributed by atoms with van der Waals surface area (Å²) in [5.41, 5.74) is 7.01. The van der Waals surface area contributed by atoms with Gasteiger partial charge in [0.1, 0.15) is 0 Å². The molecule has 0 saturated heterocycles. The van der Waals surface area contributed by atoms with Crippen LogP contribution in [0.4, 0.5) is 0 Å². The fraction of sp³-hybridized carbons (Fsp3) is 0.154. The Morgan fingerprint density at radius 3 is 2.59 bits per heavy atom. The number of hydrogen-bond acceptors (Lipinski definition) is 3. The van der Waals surface area contributed by atoms with Gasteiger partial charge < -0.3 is 5.73 Å². The molecule has 0 aliphatic heterocycles. The molecule has 88 valence electrons. The lowest BCUT2D eigenvalue weighted by Gasteiger charge is -2.10. The average Bonchev–Trinajstić information content (AvgIpc) is 2.76. The number of ketones is 1. The van der Waals surface area contributed by atoms with E-state index in [0.717, 1.165) is 14.9 Å². The number of nitrogens with two attached hydrogens (primary N) is 1. The van der Waals surface area contributed by atoms with Crippen molar-refractivity contribution in [2.75, 3.05) is 0 Å². The molecule has 0 bridgehead atoms. The number of hydrogen-bond donors (Lipinski definition) is 1. The van der Waals surface area contributed by atoms with Gasteiger partial charge in [-0.2, -0.15) is 0 Å². The molecule has 0 radical (unpaired) electrons. The molecule has 0 spiro atoms. The van der Waals surface area contributed by atoms with Crippen LogP contribution in [0.1, 0.15) is 27.7 Å². The Hall–Kier alpha value is -0.970. The summed E-state index contributed by atoms with van der Waals surface area (Å²) < 4.78 is 0.854. The summed E-state index contributed by atoms with van der Waals surface area (Å²) >= 11 is 4.80. The molecule has 2 nitrogen and oxygen atoms in total. The summed E-state index contributed by atoms with van der Waals surface area (Å²) in [7, 11) is 0. The standard InChI is InChI=1S/C13H12BrNOS/c14-10-6-7-17-13(10)12(16)8-11(15)9-4-2-1-3-5-9/h1-7,11H,8,15H2. The molecule has 0 amide bonds. The molecule has 1 atom stereocenters. The fourth-order valence-electron chi connectivity index (χ4n) is 1.60. The van der Waals surface area contributed by atoms with E-state index in [1.165, 1.54) is 11.3 Å². The zero-order chi connectivity index (χ0) is 12.3. The third-order valence-electron chi connectivity index (χ3n) is 2.50. The number of benzene rings is 1. The van der Waals surface area contributed by atoms with Crippen molar-refractivity contribution in [1.29, 1.82) is 0 Å². The normalized spacial score (nSPS) is 12.4. The van der Waals surface area contributed by atoms with E-state index in [9.17, 15) is 4.79 Å². The maximum Gasteiger partial charge on any atom is 0.175 e. The second kappa shape index (κ2) is 5.58. The Morgan fingerprint density at radius 1 is 1.29 bits per heavy atom. The Balaban J connectivity index is 2.08. The van der Waals surface area contributed by atoms with Crippen LogP contribution in [0.5, 0.6) is 0 Å². The minimum absolute atomic E-state index is 0.0863. The second-order valence-corrected chi connectivity index (χ2v) is 5.51. The maximum atomic E-state index is 12.0. The predicted molar refractivity (Wildman–Crippen MR) is 74.3 cm³/mol. The zero-order valence-electron chi connectivity index (χ0n) is 9.10. The number of thiophene rings is 1. The molecule has 17 heavy (non-hydrogen) atoms. The Kier molecular flexibility index (Phi) is 4.10. The first-order valence-electron chi connectivity index (χ1n) is 5.25. The molecule has 4 heteroatoms. The van der Waals surface area contributed by atoms with Crippen molar-refractivity contribution >= 4 is 33.0 Å².